The van der Waals surface area contributed by atoms with Crippen molar-refractivity contribution in [3.63, 3.8) is 0 Å². The second-order valence-corrected chi connectivity index (χ2v) is 6.05. The summed E-state index contributed by atoms with van der Waals surface area (Å²) in [6.07, 6.45) is 4.49. The number of hydrogen-bond acceptors (Lipinski definition) is 3. The monoisotopic (exact) mass is 313 g/mol. The van der Waals surface area contributed by atoms with E-state index in [1.54, 1.807) is 10.9 Å². The summed E-state index contributed by atoms with van der Waals surface area (Å²) >= 11 is 3.42. The van der Waals surface area contributed by atoms with Gasteiger partial charge in [0.25, 0.3) is 0 Å². The van der Waals surface area contributed by atoms with E-state index in [1.807, 2.05) is 13.8 Å². The van der Waals surface area contributed by atoms with Gasteiger partial charge in [0.2, 0.25) is 0 Å². The fraction of sp³-hybridized carbons (Fsp3) is 0.692. The number of carbonyl (C=O) groups excluding carboxylic acids is 1. The molecule has 1 atom stereocenters. The molecule has 1 unspecified atom stereocenters. The van der Waals surface area contributed by atoms with E-state index in [0.717, 1.165) is 29.7 Å². The first-order valence-corrected chi connectivity index (χ1v) is 7.35. The summed E-state index contributed by atoms with van der Waals surface area (Å²) in [7, 11) is 0. The lowest BCUT2D eigenvalue weighted by molar-refractivity contribution is 0.0961. The molecule has 100 valence electrons. The van der Waals surface area contributed by atoms with Gasteiger partial charge in [0, 0.05) is 12.5 Å². The van der Waals surface area contributed by atoms with Crippen LogP contribution in [0.4, 0.5) is 0 Å². The molecule has 5 heteroatoms. The number of Topliss-reactive ketones (excluding diaryl/α,β-unsaturated/α-hetero) is 1. The highest BCUT2D eigenvalue weighted by Crippen LogP contribution is 2.23. The highest BCUT2D eigenvalue weighted by molar-refractivity contribution is 9.10. The molecule has 0 spiro atoms. The van der Waals surface area contributed by atoms with Crippen LogP contribution in [0.5, 0.6) is 0 Å². The summed E-state index contributed by atoms with van der Waals surface area (Å²) in [5, 5.41) is 7.59. The summed E-state index contributed by atoms with van der Waals surface area (Å²) in [6.45, 7) is 6.22. The second kappa shape index (κ2) is 5.97. The fourth-order valence-electron chi connectivity index (χ4n) is 2.41. The average molecular weight is 314 g/mol. The lowest BCUT2D eigenvalue weighted by Crippen LogP contribution is -2.15. The smallest absolute Gasteiger partial charge is 0.182 e. The zero-order chi connectivity index (χ0) is 13.1. The highest BCUT2D eigenvalue weighted by atomic mass is 79.9. The number of ketones is 1. The fourth-order valence-corrected chi connectivity index (χ4v) is 2.90. The van der Waals surface area contributed by atoms with Crippen LogP contribution in [0.25, 0.3) is 0 Å². The molecule has 1 N–H and O–H groups in total. The first kappa shape index (κ1) is 13.7. The SMILES string of the molecule is CC(C)n1ncc(Br)c1C(=O)CCC1CCNC1. The minimum atomic E-state index is 0.194. The minimum Gasteiger partial charge on any atom is -0.316 e. The van der Waals surface area contributed by atoms with E-state index in [9.17, 15) is 4.79 Å². The summed E-state index contributed by atoms with van der Waals surface area (Å²) in [5.74, 6) is 0.850. The molecule has 0 aliphatic carbocycles. The first-order valence-electron chi connectivity index (χ1n) is 6.56. The van der Waals surface area contributed by atoms with Crippen LogP contribution < -0.4 is 5.32 Å². The summed E-state index contributed by atoms with van der Waals surface area (Å²) in [4.78, 5) is 12.3. The molecule has 0 amide bonds. The van der Waals surface area contributed by atoms with Gasteiger partial charge in [-0.2, -0.15) is 5.10 Å². The maximum atomic E-state index is 12.3. The van der Waals surface area contributed by atoms with Crippen LogP contribution in [0.1, 0.15) is 49.6 Å². The Hall–Kier alpha value is -0.680. The molecule has 18 heavy (non-hydrogen) atoms. The summed E-state index contributed by atoms with van der Waals surface area (Å²) in [5.41, 5.74) is 0.718. The van der Waals surface area contributed by atoms with Crippen LogP contribution >= 0.6 is 15.9 Å². The number of nitrogens with zero attached hydrogens (tertiary/aromatic N) is 2. The third-order valence-electron chi connectivity index (χ3n) is 3.45. The van der Waals surface area contributed by atoms with Crippen LogP contribution in [0.15, 0.2) is 10.7 Å². The predicted molar refractivity (Wildman–Crippen MR) is 74.9 cm³/mol. The van der Waals surface area contributed by atoms with E-state index < -0.39 is 0 Å². The Kier molecular flexibility index (Phi) is 4.56. The molecule has 1 aromatic rings. The van der Waals surface area contributed by atoms with E-state index in [0.29, 0.717) is 12.3 Å². The largest absolute Gasteiger partial charge is 0.316 e. The van der Waals surface area contributed by atoms with E-state index >= 15 is 0 Å². The Morgan fingerprint density at radius 3 is 3.06 bits per heavy atom. The lowest BCUT2D eigenvalue weighted by atomic mass is 10.00. The minimum absolute atomic E-state index is 0.194. The van der Waals surface area contributed by atoms with Gasteiger partial charge in [-0.05, 0) is 61.6 Å². The Balaban J connectivity index is 2.01. The number of nitrogens with one attached hydrogen (secondary N) is 1. The Bertz CT molecular complexity index is 422. The zero-order valence-corrected chi connectivity index (χ0v) is 12.5. The van der Waals surface area contributed by atoms with Crippen molar-refractivity contribution in [1.29, 1.82) is 0 Å². The maximum Gasteiger partial charge on any atom is 0.182 e. The molecule has 1 fully saturated rings. The van der Waals surface area contributed by atoms with Gasteiger partial charge >= 0.3 is 0 Å². The molecule has 0 aromatic carbocycles. The van der Waals surface area contributed by atoms with Gasteiger partial charge in [-0.1, -0.05) is 0 Å². The molecule has 0 bridgehead atoms. The van der Waals surface area contributed by atoms with Crippen LogP contribution in [0.2, 0.25) is 0 Å². The van der Waals surface area contributed by atoms with Crippen molar-refractivity contribution < 1.29 is 4.79 Å². The van der Waals surface area contributed by atoms with Gasteiger partial charge in [-0.25, -0.2) is 0 Å². The third kappa shape index (κ3) is 3.01. The predicted octanol–water partition coefficient (Wildman–Crippen LogP) is 2.80. The molecule has 1 aliphatic heterocycles. The van der Waals surface area contributed by atoms with Gasteiger partial charge in [-0.3, -0.25) is 9.48 Å². The molecule has 1 aliphatic rings. The first-order chi connectivity index (χ1) is 8.59. The molecule has 2 heterocycles. The lowest BCUT2D eigenvalue weighted by Gasteiger charge is -2.12. The standard InChI is InChI=1S/C13H20BrN3O/c1-9(2)17-13(11(14)8-16-17)12(18)4-3-10-5-6-15-7-10/h8-10,15H,3-7H2,1-2H3. The molecular formula is C13H20BrN3O. The van der Waals surface area contributed by atoms with Crippen molar-refractivity contribution in [1.82, 2.24) is 15.1 Å². The number of hydrogen-bond donors (Lipinski definition) is 1. The summed E-state index contributed by atoms with van der Waals surface area (Å²) < 4.78 is 2.62. The van der Waals surface area contributed by atoms with E-state index in [-0.39, 0.29) is 11.8 Å². The number of aromatic nitrogens is 2. The molecule has 1 aromatic heterocycles. The van der Waals surface area contributed by atoms with Gasteiger partial charge in [0.15, 0.2) is 5.78 Å². The number of halogens is 1. The maximum absolute atomic E-state index is 12.3. The zero-order valence-electron chi connectivity index (χ0n) is 10.9. The van der Waals surface area contributed by atoms with Crippen LogP contribution in [-0.2, 0) is 0 Å². The van der Waals surface area contributed by atoms with Gasteiger partial charge < -0.3 is 5.32 Å². The molecule has 2 rings (SSSR count). The van der Waals surface area contributed by atoms with Gasteiger partial charge in [-0.15, -0.1) is 0 Å². The van der Waals surface area contributed by atoms with Crippen LogP contribution in [0, 0.1) is 5.92 Å². The summed E-state index contributed by atoms with van der Waals surface area (Å²) in [6, 6.07) is 0.211. The Labute approximate surface area is 116 Å². The van der Waals surface area contributed by atoms with E-state index in [4.69, 9.17) is 0 Å². The number of rotatable bonds is 5. The normalized spacial score (nSPS) is 19.7. The van der Waals surface area contributed by atoms with Crippen molar-refractivity contribution >= 4 is 21.7 Å². The van der Waals surface area contributed by atoms with Crippen molar-refractivity contribution in [2.75, 3.05) is 13.1 Å². The number of carbonyl (C=O) groups is 1. The molecule has 1 saturated heterocycles. The Morgan fingerprint density at radius 1 is 1.67 bits per heavy atom. The van der Waals surface area contributed by atoms with Gasteiger partial charge in [0.05, 0.1) is 10.7 Å². The third-order valence-corrected chi connectivity index (χ3v) is 4.03. The molecule has 4 nitrogen and oxygen atoms in total. The van der Waals surface area contributed by atoms with E-state index in [2.05, 4.69) is 26.3 Å². The molecule has 0 saturated carbocycles. The quantitative estimate of drug-likeness (QED) is 0.850. The highest BCUT2D eigenvalue weighted by Gasteiger charge is 2.21. The van der Waals surface area contributed by atoms with Crippen molar-refractivity contribution in [2.24, 2.45) is 5.92 Å². The van der Waals surface area contributed by atoms with Crippen molar-refractivity contribution in [3.8, 4) is 0 Å². The molecule has 0 radical (unpaired) electrons. The van der Waals surface area contributed by atoms with Gasteiger partial charge in [0.1, 0.15) is 5.69 Å². The average Bonchev–Trinajstić information content (AvgIpc) is 2.94. The van der Waals surface area contributed by atoms with Crippen molar-refractivity contribution in [3.05, 3.63) is 16.4 Å². The molecular weight excluding hydrogens is 294 g/mol. The van der Waals surface area contributed by atoms with E-state index in [1.165, 1.54) is 6.42 Å². The topological polar surface area (TPSA) is 46.9 Å². The second-order valence-electron chi connectivity index (χ2n) is 5.20. The van der Waals surface area contributed by atoms with Crippen LogP contribution in [0.3, 0.4) is 0 Å². The van der Waals surface area contributed by atoms with Crippen molar-refractivity contribution in [2.45, 2.75) is 39.2 Å². The Morgan fingerprint density at radius 2 is 2.44 bits per heavy atom. The van der Waals surface area contributed by atoms with Crippen LogP contribution in [-0.4, -0.2) is 28.7 Å².